The minimum absolute atomic E-state index is 0.0640. The monoisotopic (exact) mass is 470 g/mol. The molecule has 1 aromatic heterocycles. The highest BCUT2D eigenvalue weighted by molar-refractivity contribution is 7.89. The summed E-state index contributed by atoms with van der Waals surface area (Å²) in [7, 11) is -3.74. The van der Waals surface area contributed by atoms with Gasteiger partial charge in [-0.05, 0) is 88.9 Å². The average molecular weight is 471 g/mol. The molecule has 33 heavy (non-hydrogen) atoms. The summed E-state index contributed by atoms with van der Waals surface area (Å²) in [5, 5.41) is 7.35. The topological polar surface area (TPSA) is 93.1 Å². The highest BCUT2D eigenvalue weighted by Crippen LogP contribution is 2.28. The molecule has 1 aliphatic rings. The van der Waals surface area contributed by atoms with E-state index >= 15 is 0 Å². The molecule has 0 saturated heterocycles. The van der Waals surface area contributed by atoms with Crippen LogP contribution in [0.1, 0.15) is 55.4 Å². The van der Waals surface area contributed by atoms with Crippen LogP contribution in [0.3, 0.4) is 0 Å². The fourth-order valence-electron chi connectivity index (χ4n) is 3.97. The molecule has 0 radical (unpaired) electrons. The van der Waals surface area contributed by atoms with Gasteiger partial charge < -0.3 is 5.32 Å². The molecule has 7 nitrogen and oxygen atoms in total. The predicted octanol–water partition coefficient (Wildman–Crippen LogP) is 4.22. The van der Waals surface area contributed by atoms with E-state index in [1.165, 1.54) is 24.3 Å². The molecule has 0 aliphatic heterocycles. The molecule has 4 rings (SSSR count). The third-order valence-corrected chi connectivity index (χ3v) is 7.06. The van der Waals surface area contributed by atoms with Crippen molar-refractivity contribution in [2.24, 2.45) is 0 Å². The number of aromatic nitrogens is 2. The summed E-state index contributed by atoms with van der Waals surface area (Å²) >= 11 is 0. The molecule has 174 valence electrons. The van der Waals surface area contributed by atoms with Crippen LogP contribution in [0.4, 0.5) is 10.1 Å². The molecule has 0 spiro atoms. The summed E-state index contributed by atoms with van der Waals surface area (Å²) in [6.07, 6.45) is 3.44. The normalized spacial score (nSPS) is 14.1. The number of benzene rings is 2. The zero-order chi connectivity index (χ0) is 23.8. The van der Waals surface area contributed by atoms with Crippen LogP contribution in [-0.2, 0) is 22.9 Å². The zero-order valence-electron chi connectivity index (χ0n) is 18.9. The number of anilines is 1. The van der Waals surface area contributed by atoms with Gasteiger partial charge in [0.2, 0.25) is 10.0 Å². The minimum atomic E-state index is -3.74. The number of carbonyl (C=O) groups is 1. The molecule has 9 heteroatoms. The molecule has 2 aromatic carbocycles. The number of hydrogen-bond donors (Lipinski definition) is 2. The van der Waals surface area contributed by atoms with Gasteiger partial charge in [-0.3, -0.25) is 4.79 Å². The Labute approximate surface area is 193 Å². The Hall–Kier alpha value is -3.04. The number of sulfonamides is 1. The van der Waals surface area contributed by atoms with E-state index in [2.05, 4.69) is 15.1 Å². The molecule has 3 aromatic rings. The fourth-order valence-corrected chi connectivity index (χ4v) is 5.43. The van der Waals surface area contributed by atoms with Gasteiger partial charge in [0, 0.05) is 22.5 Å². The third kappa shape index (κ3) is 5.15. The molecular formula is C24H27FN4O3S. The second-order valence-corrected chi connectivity index (χ2v) is 10.9. The summed E-state index contributed by atoms with van der Waals surface area (Å²) in [6.45, 7) is 5.28. The Morgan fingerprint density at radius 3 is 2.45 bits per heavy atom. The van der Waals surface area contributed by atoms with Gasteiger partial charge in [0.1, 0.15) is 5.82 Å². The van der Waals surface area contributed by atoms with Crippen molar-refractivity contribution in [3.05, 3.63) is 71.3 Å². The summed E-state index contributed by atoms with van der Waals surface area (Å²) in [6, 6.07) is 12.1. The summed E-state index contributed by atoms with van der Waals surface area (Å²) < 4.78 is 43.0. The number of halogens is 1. The van der Waals surface area contributed by atoms with Crippen LogP contribution >= 0.6 is 0 Å². The fraction of sp³-hybridized carbons (Fsp3) is 0.333. The van der Waals surface area contributed by atoms with E-state index in [4.69, 9.17) is 0 Å². The van der Waals surface area contributed by atoms with Crippen LogP contribution in [0.5, 0.6) is 0 Å². The van der Waals surface area contributed by atoms with E-state index < -0.39 is 21.5 Å². The van der Waals surface area contributed by atoms with Crippen LogP contribution in [0, 0.1) is 5.82 Å². The van der Waals surface area contributed by atoms with Crippen LogP contribution in [-0.4, -0.2) is 29.6 Å². The van der Waals surface area contributed by atoms with Gasteiger partial charge in [-0.2, -0.15) is 5.10 Å². The van der Waals surface area contributed by atoms with E-state index in [-0.39, 0.29) is 10.7 Å². The molecule has 0 saturated carbocycles. The second kappa shape index (κ2) is 8.72. The van der Waals surface area contributed by atoms with Gasteiger partial charge in [0.05, 0.1) is 10.6 Å². The molecule has 0 unspecified atom stereocenters. The summed E-state index contributed by atoms with van der Waals surface area (Å²) in [5.41, 5.74) is 2.54. The van der Waals surface area contributed by atoms with Crippen LogP contribution in [0.2, 0.25) is 0 Å². The molecule has 1 aliphatic carbocycles. The van der Waals surface area contributed by atoms with Crippen molar-refractivity contribution in [2.75, 3.05) is 5.32 Å². The molecule has 0 atom stereocenters. The maximum absolute atomic E-state index is 13.4. The number of hydrogen-bond acceptors (Lipinski definition) is 4. The predicted molar refractivity (Wildman–Crippen MR) is 125 cm³/mol. The van der Waals surface area contributed by atoms with Crippen molar-refractivity contribution in [3.8, 4) is 5.69 Å². The zero-order valence-corrected chi connectivity index (χ0v) is 19.7. The van der Waals surface area contributed by atoms with Crippen LogP contribution in [0.15, 0.2) is 53.4 Å². The van der Waals surface area contributed by atoms with Crippen molar-refractivity contribution < 1.29 is 17.6 Å². The largest absolute Gasteiger partial charge is 0.321 e. The third-order valence-electron chi connectivity index (χ3n) is 5.31. The van der Waals surface area contributed by atoms with Crippen molar-refractivity contribution in [1.29, 1.82) is 0 Å². The first kappa shape index (κ1) is 23.1. The quantitative estimate of drug-likeness (QED) is 0.584. The maximum atomic E-state index is 13.4. The molecule has 2 N–H and O–H groups in total. The van der Waals surface area contributed by atoms with E-state index in [1.807, 2.05) is 0 Å². The van der Waals surface area contributed by atoms with Gasteiger partial charge in [-0.1, -0.05) is 6.07 Å². The average Bonchev–Trinajstić information content (AvgIpc) is 3.13. The Morgan fingerprint density at radius 1 is 1.06 bits per heavy atom. The van der Waals surface area contributed by atoms with E-state index in [1.54, 1.807) is 49.7 Å². The second-order valence-electron chi connectivity index (χ2n) is 9.21. The summed E-state index contributed by atoms with van der Waals surface area (Å²) in [5.74, 6) is -0.749. The number of carbonyl (C=O) groups excluding carboxylic acids is 1. The van der Waals surface area contributed by atoms with Gasteiger partial charge in [-0.15, -0.1) is 0 Å². The van der Waals surface area contributed by atoms with Crippen molar-refractivity contribution in [1.82, 2.24) is 14.5 Å². The van der Waals surface area contributed by atoms with Gasteiger partial charge >= 0.3 is 0 Å². The Bertz CT molecular complexity index is 1290. The Balaban J connectivity index is 1.64. The van der Waals surface area contributed by atoms with Crippen LogP contribution < -0.4 is 10.0 Å². The number of amides is 1. The lowest BCUT2D eigenvalue weighted by molar-refractivity contribution is 0.102. The standard InChI is InChI=1S/C24H27FN4O3S/c1-24(2,3)28-33(31,32)19-8-6-7-17(15-19)26-23(30)22-20-9-4-5-10-21(20)29(27-22)18-13-11-16(25)12-14-18/h6-8,11-15,28H,4-5,9-10H2,1-3H3,(H,26,30). The van der Waals surface area contributed by atoms with Gasteiger partial charge in [0.25, 0.3) is 5.91 Å². The lowest BCUT2D eigenvalue weighted by atomic mass is 9.95. The maximum Gasteiger partial charge on any atom is 0.276 e. The number of rotatable bonds is 5. The summed E-state index contributed by atoms with van der Waals surface area (Å²) in [4.78, 5) is 13.2. The Kier molecular flexibility index (Phi) is 6.11. The number of nitrogens with one attached hydrogen (secondary N) is 2. The van der Waals surface area contributed by atoms with E-state index in [9.17, 15) is 17.6 Å². The lowest BCUT2D eigenvalue weighted by Gasteiger charge is -2.20. The SMILES string of the molecule is CC(C)(C)NS(=O)(=O)c1cccc(NC(=O)c2nn(-c3ccc(F)cc3)c3c2CCCC3)c1. The molecule has 0 bridgehead atoms. The van der Waals surface area contributed by atoms with Crippen molar-refractivity contribution in [2.45, 2.75) is 56.9 Å². The first-order valence-electron chi connectivity index (χ1n) is 10.9. The van der Waals surface area contributed by atoms with E-state index in [0.717, 1.165) is 36.9 Å². The van der Waals surface area contributed by atoms with Crippen LogP contribution in [0.25, 0.3) is 5.69 Å². The highest BCUT2D eigenvalue weighted by Gasteiger charge is 2.26. The van der Waals surface area contributed by atoms with Crippen molar-refractivity contribution in [3.63, 3.8) is 0 Å². The highest BCUT2D eigenvalue weighted by atomic mass is 32.2. The first-order valence-corrected chi connectivity index (χ1v) is 12.3. The van der Waals surface area contributed by atoms with Crippen molar-refractivity contribution >= 4 is 21.6 Å². The van der Waals surface area contributed by atoms with Gasteiger partial charge in [-0.25, -0.2) is 22.2 Å². The van der Waals surface area contributed by atoms with Gasteiger partial charge in [0.15, 0.2) is 5.69 Å². The molecule has 1 amide bonds. The molecule has 1 heterocycles. The smallest absolute Gasteiger partial charge is 0.276 e. The number of fused-ring (bicyclic) bond motifs is 1. The first-order chi connectivity index (χ1) is 15.5. The minimum Gasteiger partial charge on any atom is -0.321 e. The van der Waals surface area contributed by atoms with E-state index in [0.29, 0.717) is 17.1 Å². The Morgan fingerprint density at radius 2 is 1.76 bits per heavy atom. The number of nitrogens with zero attached hydrogens (tertiary/aromatic N) is 2. The molecule has 0 fully saturated rings. The molecular weight excluding hydrogens is 443 g/mol. The lowest BCUT2D eigenvalue weighted by Crippen LogP contribution is -2.40.